The van der Waals surface area contributed by atoms with E-state index in [9.17, 15) is 0 Å². The van der Waals surface area contributed by atoms with Crippen LogP contribution < -0.4 is 0 Å². The van der Waals surface area contributed by atoms with Crippen LogP contribution in [0.5, 0.6) is 0 Å². The van der Waals surface area contributed by atoms with Crippen LogP contribution in [0, 0.1) is 11.8 Å². The molecule has 2 fully saturated rings. The van der Waals surface area contributed by atoms with E-state index >= 15 is 0 Å². The quantitative estimate of drug-likeness (QED) is 0.578. The lowest BCUT2D eigenvalue weighted by Crippen LogP contribution is -2.38. The highest BCUT2D eigenvalue weighted by Gasteiger charge is 2.48. The SMILES string of the molecule is CC(C)[Si](C)(C)C1CC2CCC1C2. The molecule has 2 aliphatic carbocycles. The molecule has 13 heavy (non-hydrogen) atoms. The van der Waals surface area contributed by atoms with Crippen molar-refractivity contribution < 1.29 is 0 Å². The van der Waals surface area contributed by atoms with Crippen LogP contribution in [0.25, 0.3) is 0 Å². The first-order valence-corrected chi connectivity index (χ1v) is 9.17. The predicted octanol–water partition coefficient (Wildman–Crippen LogP) is 4.30. The van der Waals surface area contributed by atoms with E-state index in [0.29, 0.717) is 0 Å². The second-order valence-electron chi connectivity index (χ2n) is 6.26. The first kappa shape index (κ1) is 9.76. The third-order valence-electron chi connectivity index (χ3n) is 5.18. The topological polar surface area (TPSA) is 0 Å². The second kappa shape index (κ2) is 3.11. The van der Waals surface area contributed by atoms with E-state index in [1.807, 2.05) is 0 Å². The number of hydrogen-bond donors (Lipinski definition) is 0. The smallest absolute Gasteiger partial charge is 0.0533 e. The van der Waals surface area contributed by atoms with Gasteiger partial charge in [-0.05, 0) is 30.2 Å². The number of hydrogen-bond acceptors (Lipinski definition) is 0. The summed E-state index contributed by atoms with van der Waals surface area (Å²) in [7, 11) is -0.901. The summed E-state index contributed by atoms with van der Waals surface area (Å²) >= 11 is 0. The van der Waals surface area contributed by atoms with Crippen LogP contribution in [0.3, 0.4) is 0 Å². The molecule has 0 nitrogen and oxygen atoms in total. The molecule has 76 valence electrons. The van der Waals surface area contributed by atoms with Gasteiger partial charge in [0.2, 0.25) is 0 Å². The molecule has 0 aliphatic heterocycles. The highest BCUT2D eigenvalue weighted by molar-refractivity contribution is 6.80. The summed E-state index contributed by atoms with van der Waals surface area (Å²) in [6.07, 6.45) is 6.32. The summed E-state index contributed by atoms with van der Waals surface area (Å²) in [5.74, 6) is 2.29. The van der Waals surface area contributed by atoms with Crippen molar-refractivity contribution in [1.82, 2.24) is 0 Å². The molecule has 2 saturated carbocycles. The summed E-state index contributed by atoms with van der Waals surface area (Å²) in [6, 6.07) is 0. The molecular weight excluding hydrogens is 172 g/mol. The number of fused-ring (bicyclic) bond motifs is 2. The van der Waals surface area contributed by atoms with E-state index in [4.69, 9.17) is 0 Å². The molecule has 2 rings (SSSR count). The average molecular weight is 196 g/mol. The average Bonchev–Trinajstić information content (AvgIpc) is 2.63. The van der Waals surface area contributed by atoms with Gasteiger partial charge < -0.3 is 0 Å². The molecule has 2 aliphatic rings. The summed E-state index contributed by atoms with van der Waals surface area (Å²) in [5, 5.41) is 0. The van der Waals surface area contributed by atoms with Gasteiger partial charge in [0.25, 0.3) is 0 Å². The minimum absolute atomic E-state index is 0.901. The monoisotopic (exact) mass is 196 g/mol. The van der Waals surface area contributed by atoms with E-state index in [1.165, 1.54) is 5.54 Å². The minimum Gasteiger partial charge on any atom is -0.0690 e. The first-order valence-electron chi connectivity index (χ1n) is 6.01. The predicted molar refractivity (Wildman–Crippen MR) is 61.8 cm³/mol. The van der Waals surface area contributed by atoms with Crippen molar-refractivity contribution >= 4 is 8.07 Å². The van der Waals surface area contributed by atoms with Gasteiger partial charge in [-0.25, -0.2) is 0 Å². The zero-order valence-corrected chi connectivity index (χ0v) is 10.6. The Morgan fingerprint density at radius 3 is 2.15 bits per heavy atom. The summed E-state index contributed by atoms with van der Waals surface area (Å²) in [5.41, 5.74) is 2.16. The molecule has 0 spiro atoms. The molecule has 1 heteroatoms. The molecular formula is C12H24Si. The highest BCUT2D eigenvalue weighted by Crippen LogP contribution is 2.57. The Morgan fingerprint density at radius 1 is 1.08 bits per heavy atom. The van der Waals surface area contributed by atoms with E-state index in [-0.39, 0.29) is 0 Å². The fraction of sp³-hybridized carbons (Fsp3) is 1.00. The van der Waals surface area contributed by atoms with Gasteiger partial charge in [0.15, 0.2) is 0 Å². The van der Waals surface area contributed by atoms with Crippen LogP contribution in [-0.2, 0) is 0 Å². The molecule has 0 aromatic carbocycles. The van der Waals surface area contributed by atoms with Gasteiger partial charge in [-0.1, -0.05) is 45.3 Å². The Balaban J connectivity index is 2.09. The lowest BCUT2D eigenvalue weighted by atomic mass is 10.0. The molecule has 3 unspecified atom stereocenters. The van der Waals surface area contributed by atoms with Gasteiger partial charge in [-0.15, -0.1) is 0 Å². The van der Waals surface area contributed by atoms with Gasteiger partial charge in [0.05, 0.1) is 8.07 Å². The van der Waals surface area contributed by atoms with Gasteiger partial charge in [0, 0.05) is 0 Å². The molecule has 0 aromatic heterocycles. The van der Waals surface area contributed by atoms with Gasteiger partial charge in [0.1, 0.15) is 0 Å². The lowest BCUT2D eigenvalue weighted by Gasteiger charge is -2.38. The zero-order valence-electron chi connectivity index (χ0n) is 9.64. The van der Waals surface area contributed by atoms with Crippen molar-refractivity contribution in [3.8, 4) is 0 Å². The lowest BCUT2D eigenvalue weighted by molar-refractivity contribution is 0.465. The van der Waals surface area contributed by atoms with Crippen LogP contribution in [0.2, 0.25) is 24.2 Å². The van der Waals surface area contributed by atoms with E-state index < -0.39 is 8.07 Å². The molecule has 3 atom stereocenters. The maximum Gasteiger partial charge on any atom is 0.0533 e. The first-order chi connectivity index (χ1) is 6.01. The van der Waals surface area contributed by atoms with Crippen LogP contribution in [0.15, 0.2) is 0 Å². The van der Waals surface area contributed by atoms with E-state index in [0.717, 1.165) is 17.4 Å². The highest BCUT2D eigenvalue weighted by atomic mass is 28.3. The van der Waals surface area contributed by atoms with Gasteiger partial charge >= 0.3 is 0 Å². The minimum atomic E-state index is -0.901. The largest absolute Gasteiger partial charge is 0.0690 e. The van der Waals surface area contributed by atoms with Crippen molar-refractivity contribution in [2.45, 2.75) is 63.7 Å². The molecule has 0 heterocycles. The molecule has 2 bridgehead atoms. The third-order valence-corrected chi connectivity index (χ3v) is 10.8. The van der Waals surface area contributed by atoms with Crippen LogP contribution in [0.1, 0.15) is 39.5 Å². The van der Waals surface area contributed by atoms with Crippen LogP contribution in [0.4, 0.5) is 0 Å². The summed E-state index contributed by atoms with van der Waals surface area (Å²) in [4.78, 5) is 0. The van der Waals surface area contributed by atoms with Crippen molar-refractivity contribution in [2.75, 3.05) is 0 Å². The normalized spacial score (nSPS) is 39.0. The van der Waals surface area contributed by atoms with Gasteiger partial charge in [-0.2, -0.15) is 0 Å². The fourth-order valence-corrected chi connectivity index (χ4v) is 6.90. The maximum atomic E-state index is 2.63. The third kappa shape index (κ3) is 1.49. The maximum absolute atomic E-state index is 2.63. The van der Waals surface area contributed by atoms with Crippen LogP contribution in [-0.4, -0.2) is 8.07 Å². The molecule has 0 saturated heterocycles. The number of rotatable bonds is 2. The van der Waals surface area contributed by atoms with E-state index in [2.05, 4.69) is 26.9 Å². The van der Waals surface area contributed by atoms with Crippen LogP contribution >= 0.6 is 0 Å². The molecule has 0 radical (unpaired) electrons. The van der Waals surface area contributed by atoms with E-state index in [1.54, 1.807) is 25.7 Å². The van der Waals surface area contributed by atoms with Crippen molar-refractivity contribution in [2.24, 2.45) is 11.8 Å². The van der Waals surface area contributed by atoms with Crippen molar-refractivity contribution in [1.29, 1.82) is 0 Å². The Bertz CT molecular complexity index is 195. The summed E-state index contributed by atoms with van der Waals surface area (Å²) < 4.78 is 0. The Hall–Kier alpha value is 0.217. The molecule has 0 amide bonds. The second-order valence-corrected chi connectivity index (χ2v) is 11.8. The molecule has 0 aromatic rings. The Morgan fingerprint density at radius 2 is 1.77 bits per heavy atom. The fourth-order valence-electron chi connectivity index (χ4n) is 3.58. The van der Waals surface area contributed by atoms with Crippen molar-refractivity contribution in [3.05, 3.63) is 0 Å². The Labute approximate surface area is 84.1 Å². The Kier molecular flexibility index (Phi) is 2.34. The zero-order chi connectivity index (χ0) is 9.64. The molecule has 0 N–H and O–H groups in total. The standard InChI is InChI=1S/C12H24Si/c1-9(2)13(3,4)12-8-10-5-6-11(12)7-10/h9-12H,5-8H2,1-4H3. The summed E-state index contributed by atoms with van der Waals surface area (Å²) in [6.45, 7) is 10.2. The van der Waals surface area contributed by atoms with Crippen molar-refractivity contribution in [3.63, 3.8) is 0 Å². The van der Waals surface area contributed by atoms with Gasteiger partial charge in [-0.3, -0.25) is 0 Å².